The van der Waals surface area contributed by atoms with E-state index in [1.807, 2.05) is 36.6 Å². The van der Waals surface area contributed by atoms with Crippen molar-refractivity contribution in [2.45, 2.75) is 23.8 Å². The van der Waals surface area contributed by atoms with Gasteiger partial charge in [-0.25, -0.2) is 0 Å². The number of hydrogen-bond donors (Lipinski definition) is 2. The van der Waals surface area contributed by atoms with Crippen molar-refractivity contribution >= 4 is 35.2 Å². The molecular weight excluding hydrogens is 436 g/mol. The average Bonchev–Trinajstić information content (AvgIpc) is 2.98. The third-order valence-corrected chi connectivity index (χ3v) is 7.72. The molecule has 3 heterocycles. The number of amides is 3. The Morgan fingerprint density at radius 2 is 1.76 bits per heavy atom. The zero-order valence-electron chi connectivity index (χ0n) is 18.8. The summed E-state index contributed by atoms with van der Waals surface area (Å²) in [6, 6.07) is 13.2. The Labute approximate surface area is 197 Å². The van der Waals surface area contributed by atoms with Crippen LogP contribution in [-0.4, -0.2) is 72.5 Å². The van der Waals surface area contributed by atoms with E-state index >= 15 is 0 Å². The third kappa shape index (κ3) is 4.25. The number of piperazine rings is 1. The number of thioether (sulfide) groups is 1. The van der Waals surface area contributed by atoms with Gasteiger partial charge in [-0.05, 0) is 41.6 Å². The lowest BCUT2D eigenvalue weighted by atomic mass is 9.95. The molecule has 3 aliphatic rings. The fourth-order valence-corrected chi connectivity index (χ4v) is 5.45. The second-order valence-corrected chi connectivity index (χ2v) is 9.80. The van der Waals surface area contributed by atoms with Gasteiger partial charge in [-0.3, -0.25) is 14.4 Å². The number of benzene rings is 2. The first kappa shape index (κ1) is 22.0. The molecule has 0 unspecified atom stereocenters. The summed E-state index contributed by atoms with van der Waals surface area (Å²) < 4.78 is 0. The molecule has 5 rings (SSSR count). The van der Waals surface area contributed by atoms with E-state index in [2.05, 4.69) is 22.8 Å². The lowest BCUT2D eigenvalue weighted by molar-refractivity contribution is -0.664. The second-order valence-electron chi connectivity index (χ2n) is 8.92. The van der Waals surface area contributed by atoms with Crippen molar-refractivity contribution in [1.82, 2.24) is 9.80 Å². The summed E-state index contributed by atoms with van der Waals surface area (Å²) in [5.41, 5.74) is 2.99. The van der Waals surface area contributed by atoms with Crippen LogP contribution in [0.5, 0.6) is 0 Å². The Balaban J connectivity index is 1.38. The van der Waals surface area contributed by atoms with Crippen LogP contribution in [-0.2, 0) is 9.59 Å². The number of nitrogens with zero attached hydrogens (tertiary/aromatic N) is 2. The van der Waals surface area contributed by atoms with E-state index in [9.17, 15) is 14.4 Å². The Morgan fingerprint density at radius 3 is 2.48 bits per heavy atom. The summed E-state index contributed by atoms with van der Waals surface area (Å²) in [5, 5.41) is 5.18. The van der Waals surface area contributed by atoms with Crippen LogP contribution in [0.25, 0.3) is 11.1 Å². The molecule has 2 aromatic rings. The SMILES string of the molecule is CSc1ccc(-c2ccc3c(c2)C(=O)N2CCN(C(=O)C4CC[NH2+]CC4)C[C@@H]2C(=O)N3)cc1. The number of carbonyl (C=O) groups is 3. The van der Waals surface area contributed by atoms with Crippen LogP contribution >= 0.6 is 11.8 Å². The molecule has 0 saturated carbocycles. The normalized spacial score (nSPS) is 21.2. The van der Waals surface area contributed by atoms with E-state index in [1.165, 1.54) is 4.90 Å². The maximum atomic E-state index is 13.5. The van der Waals surface area contributed by atoms with Gasteiger partial charge in [-0.1, -0.05) is 18.2 Å². The first-order valence-electron chi connectivity index (χ1n) is 11.6. The van der Waals surface area contributed by atoms with E-state index < -0.39 is 6.04 Å². The lowest BCUT2D eigenvalue weighted by Gasteiger charge is -2.40. The van der Waals surface area contributed by atoms with Gasteiger partial charge in [-0.15, -0.1) is 11.8 Å². The predicted octanol–water partition coefficient (Wildman–Crippen LogP) is 1.65. The minimum Gasteiger partial charge on any atom is -0.346 e. The van der Waals surface area contributed by atoms with Crippen LogP contribution in [0.15, 0.2) is 47.4 Å². The van der Waals surface area contributed by atoms with Gasteiger partial charge in [-0.2, -0.15) is 0 Å². The highest BCUT2D eigenvalue weighted by Crippen LogP contribution is 2.31. The second kappa shape index (κ2) is 9.19. The third-order valence-electron chi connectivity index (χ3n) is 6.97. The van der Waals surface area contributed by atoms with Crippen molar-refractivity contribution in [3.63, 3.8) is 0 Å². The number of quaternary nitrogens is 1. The maximum absolute atomic E-state index is 13.5. The molecule has 3 N–H and O–H groups in total. The smallest absolute Gasteiger partial charge is 0.256 e. The van der Waals surface area contributed by atoms with Crippen molar-refractivity contribution in [3.05, 3.63) is 48.0 Å². The number of piperidine rings is 1. The van der Waals surface area contributed by atoms with Crippen molar-refractivity contribution < 1.29 is 19.7 Å². The zero-order chi connectivity index (χ0) is 22.9. The first-order chi connectivity index (χ1) is 16.0. The van der Waals surface area contributed by atoms with Gasteiger partial charge < -0.3 is 20.4 Å². The summed E-state index contributed by atoms with van der Waals surface area (Å²) in [5.74, 6) is -0.229. The monoisotopic (exact) mass is 465 g/mol. The van der Waals surface area contributed by atoms with Crippen LogP contribution < -0.4 is 10.6 Å². The van der Waals surface area contributed by atoms with Crippen molar-refractivity contribution in [1.29, 1.82) is 0 Å². The molecular formula is C25H29N4O3S+. The summed E-state index contributed by atoms with van der Waals surface area (Å²) >= 11 is 1.68. The molecule has 2 fully saturated rings. The van der Waals surface area contributed by atoms with Crippen molar-refractivity contribution in [3.8, 4) is 11.1 Å². The molecule has 0 radical (unpaired) electrons. The van der Waals surface area contributed by atoms with Crippen LogP contribution in [0, 0.1) is 5.92 Å². The highest BCUT2D eigenvalue weighted by Gasteiger charge is 2.41. The zero-order valence-corrected chi connectivity index (χ0v) is 19.6. The molecule has 172 valence electrons. The van der Waals surface area contributed by atoms with Crippen molar-refractivity contribution in [2.24, 2.45) is 5.92 Å². The average molecular weight is 466 g/mol. The van der Waals surface area contributed by atoms with Crippen LogP contribution in [0.2, 0.25) is 0 Å². The quantitative estimate of drug-likeness (QED) is 0.675. The number of hydrogen-bond acceptors (Lipinski definition) is 4. The predicted molar refractivity (Wildman–Crippen MR) is 128 cm³/mol. The molecule has 2 saturated heterocycles. The Morgan fingerprint density at radius 1 is 1.03 bits per heavy atom. The molecule has 3 amide bonds. The van der Waals surface area contributed by atoms with Crippen molar-refractivity contribution in [2.75, 3.05) is 44.3 Å². The van der Waals surface area contributed by atoms with Gasteiger partial charge in [0, 0.05) is 36.7 Å². The highest BCUT2D eigenvalue weighted by atomic mass is 32.2. The molecule has 2 aromatic carbocycles. The highest BCUT2D eigenvalue weighted by molar-refractivity contribution is 7.98. The topological polar surface area (TPSA) is 86.3 Å². The van der Waals surface area contributed by atoms with E-state index in [4.69, 9.17) is 0 Å². The number of carbonyl (C=O) groups excluding carboxylic acids is 3. The number of nitrogens with two attached hydrogens (primary N) is 1. The molecule has 1 atom stereocenters. The van der Waals surface area contributed by atoms with Crippen LogP contribution in [0.4, 0.5) is 5.69 Å². The number of rotatable bonds is 3. The van der Waals surface area contributed by atoms with Gasteiger partial charge >= 0.3 is 0 Å². The van der Waals surface area contributed by atoms with Gasteiger partial charge in [0.1, 0.15) is 6.04 Å². The lowest BCUT2D eigenvalue weighted by Crippen LogP contribution is -2.86. The standard InChI is InChI=1S/C25H28N4O3S/c1-33-19-5-2-16(3-6-19)18-4-7-21-20(14-18)25(32)29-13-12-28(15-22(29)23(30)27-21)24(31)17-8-10-26-11-9-17/h2-7,14,17,22,26H,8-13,15H2,1H3,(H,27,30)/p+1/t22-/m1/s1. The molecule has 0 spiro atoms. The van der Waals surface area contributed by atoms with E-state index in [0.717, 1.165) is 37.1 Å². The van der Waals surface area contributed by atoms with E-state index in [1.54, 1.807) is 21.6 Å². The fraction of sp³-hybridized carbons (Fsp3) is 0.400. The summed E-state index contributed by atoms with van der Waals surface area (Å²) in [7, 11) is 0. The van der Waals surface area contributed by atoms with E-state index in [0.29, 0.717) is 24.3 Å². The van der Waals surface area contributed by atoms with E-state index in [-0.39, 0.29) is 30.2 Å². The summed E-state index contributed by atoms with van der Waals surface area (Å²) in [4.78, 5) is 44.2. The first-order valence-corrected chi connectivity index (χ1v) is 12.8. The largest absolute Gasteiger partial charge is 0.346 e. The van der Waals surface area contributed by atoms with Crippen LogP contribution in [0.3, 0.4) is 0 Å². The maximum Gasteiger partial charge on any atom is 0.256 e. The number of nitrogens with one attached hydrogen (secondary N) is 1. The van der Waals surface area contributed by atoms with Gasteiger partial charge in [0.05, 0.1) is 30.9 Å². The van der Waals surface area contributed by atoms with Crippen LogP contribution in [0.1, 0.15) is 23.2 Å². The molecule has 0 bridgehead atoms. The molecule has 0 aromatic heterocycles. The number of fused-ring (bicyclic) bond motifs is 2. The van der Waals surface area contributed by atoms with Gasteiger partial charge in [0.25, 0.3) is 5.91 Å². The Hall–Kier alpha value is -2.84. The summed E-state index contributed by atoms with van der Waals surface area (Å²) in [6.45, 7) is 3.04. The minimum absolute atomic E-state index is 0.0309. The molecule has 33 heavy (non-hydrogen) atoms. The summed E-state index contributed by atoms with van der Waals surface area (Å²) in [6.07, 6.45) is 3.79. The Kier molecular flexibility index (Phi) is 6.12. The molecule has 7 nitrogen and oxygen atoms in total. The Bertz CT molecular complexity index is 1080. The molecule has 8 heteroatoms. The molecule has 0 aliphatic carbocycles. The van der Waals surface area contributed by atoms with Gasteiger partial charge in [0.15, 0.2) is 0 Å². The minimum atomic E-state index is -0.665. The van der Waals surface area contributed by atoms with Gasteiger partial charge in [0.2, 0.25) is 11.8 Å². The fourth-order valence-electron chi connectivity index (χ4n) is 5.05. The molecule has 3 aliphatic heterocycles. The number of anilines is 1.